The summed E-state index contributed by atoms with van der Waals surface area (Å²) in [5.74, 6) is -0.000648. The predicted molar refractivity (Wildman–Crippen MR) is 54.3 cm³/mol. The van der Waals surface area contributed by atoms with Crippen LogP contribution in [-0.2, 0) is 0 Å². The van der Waals surface area contributed by atoms with Crippen molar-refractivity contribution in [1.29, 1.82) is 0 Å². The Morgan fingerprint density at radius 3 is 2.79 bits per heavy atom. The monoisotopic (exact) mass is 208 g/mol. The number of carbonyl (C=O) groups is 1. The van der Waals surface area contributed by atoms with Crippen molar-refractivity contribution in [1.82, 2.24) is 9.88 Å². The van der Waals surface area contributed by atoms with Crippen molar-refractivity contribution >= 4 is 17.5 Å². The van der Waals surface area contributed by atoms with Crippen LogP contribution in [0.5, 0.6) is 0 Å². The van der Waals surface area contributed by atoms with Gasteiger partial charge < -0.3 is 4.90 Å². The summed E-state index contributed by atoms with van der Waals surface area (Å²) >= 11 is 5.70. The summed E-state index contributed by atoms with van der Waals surface area (Å²) < 4.78 is 0. The van der Waals surface area contributed by atoms with Gasteiger partial charge in [0.05, 0.1) is 0 Å². The number of halogens is 1. The molecule has 1 aliphatic heterocycles. The van der Waals surface area contributed by atoms with E-state index in [1.165, 1.54) is 0 Å². The Balaban J connectivity index is 2.18. The van der Waals surface area contributed by atoms with Crippen LogP contribution >= 0.6 is 11.6 Å². The number of amides is 1. The lowest BCUT2D eigenvalue weighted by molar-refractivity contribution is 0.0800. The van der Waals surface area contributed by atoms with Crippen LogP contribution in [0.2, 0.25) is 5.15 Å². The number of carbonyl (C=O) groups excluding carboxylic acids is 1. The quantitative estimate of drug-likeness (QED) is 0.520. The number of hydrogen-bond acceptors (Lipinski definition) is 2. The average Bonchev–Trinajstić information content (AvgIpc) is 2.69. The fraction of sp³-hybridized carbons (Fsp3) is 0.200. The second kappa shape index (κ2) is 3.80. The Morgan fingerprint density at radius 1 is 1.43 bits per heavy atom. The average molecular weight is 209 g/mol. The van der Waals surface area contributed by atoms with E-state index >= 15 is 0 Å². The Bertz CT molecular complexity index is 381. The van der Waals surface area contributed by atoms with Gasteiger partial charge in [-0.3, -0.25) is 4.79 Å². The standard InChI is InChI=1S/C10H9ClN2O/c11-9-7-8(3-4-12-9)10(14)13-5-1-2-6-13/h1-4,7H,5-6H2. The fourth-order valence-electron chi connectivity index (χ4n) is 1.36. The number of aromatic nitrogens is 1. The van der Waals surface area contributed by atoms with Crippen LogP contribution in [0.15, 0.2) is 30.5 Å². The molecule has 0 saturated carbocycles. The van der Waals surface area contributed by atoms with Gasteiger partial charge in [-0.15, -0.1) is 0 Å². The lowest BCUT2D eigenvalue weighted by Gasteiger charge is -2.14. The Kier molecular flexibility index (Phi) is 2.50. The SMILES string of the molecule is O=C(c1ccnc(Cl)c1)N1CC=CC1. The summed E-state index contributed by atoms with van der Waals surface area (Å²) in [5, 5.41) is 0.350. The summed E-state index contributed by atoms with van der Waals surface area (Å²) in [4.78, 5) is 17.4. The highest BCUT2D eigenvalue weighted by Crippen LogP contribution is 2.11. The van der Waals surface area contributed by atoms with Crippen molar-refractivity contribution in [3.63, 3.8) is 0 Å². The maximum Gasteiger partial charge on any atom is 0.254 e. The van der Waals surface area contributed by atoms with Crippen LogP contribution in [0.25, 0.3) is 0 Å². The van der Waals surface area contributed by atoms with E-state index in [9.17, 15) is 4.79 Å². The molecule has 2 rings (SSSR count). The molecule has 1 aromatic heterocycles. The highest BCUT2D eigenvalue weighted by atomic mass is 35.5. The number of pyridine rings is 1. The Morgan fingerprint density at radius 2 is 2.14 bits per heavy atom. The zero-order valence-electron chi connectivity index (χ0n) is 7.48. The zero-order chi connectivity index (χ0) is 9.97. The molecule has 0 bridgehead atoms. The molecule has 14 heavy (non-hydrogen) atoms. The molecule has 1 aliphatic rings. The molecule has 0 unspecified atom stereocenters. The van der Waals surface area contributed by atoms with Crippen molar-refractivity contribution in [3.8, 4) is 0 Å². The molecule has 0 radical (unpaired) electrons. The lowest BCUT2D eigenvalue weighted by atomic mass is 10.2. The van der Waals surface area contributed by atoms with Gasteiger partial charge in [0.1, 0.15) is 5.15 Å². The number of nitrogens with zero attached hydrogens (tertiary/aromatic N) is 2. The van der Waals surface area contributed by atoms with Gasteiger partial charge >= 0.3 is 0 Å². The van der Waals surface area contributed by atoms with Crippen LogP contribution in [0.1, 0.15) is 10.4 Å². The Hall–Kier alpha value is -1.35. The summed E-state index contributed by atoms with van der Waals surface area (Å²) in [6.07, 6.45) is 5.49. The summed E-state index contributed by atoms with van der Waals surface area (Å²) in [6.45, 7) is 1.36. The van der Waals surface area contributed by atoms with Gasteiger partial charge in [-0.2, -0.15) is 0 Å². The van der Waals surface area contributed by atoms with E-state index in [1.807, 2.05) is 12.2 Å². The van der Waals surface area contributed by atoms with Crippen LogP contribution < -0.4 is 0 Å². The summed E-state index contributed by atoms with van der Waals surface area (Å²) in [7, 11) is 0. The maximum atomic E-state index is 11.8. The predicted octanol–water partition coefficient (Wildman–Crippen LogP) is 1.75. The molecule has 0 aliphatic carbocycles. The third-order valence-corrected chi connectivity index (χ3v) is 2.29. The molecule has 2 heterocycles. The molecule has 1 amide bonds. The summed E-state index contributed by atoms with van der Waals surface area (Å²) in [5.41, 5.74) is 0.591. The van der Waals surface area contributed by atoms with E-state index in [-0.39, 0.29) is 5.91 Å². The molecule has 0 N–H and O–H groups in total. The van der Waals surface area contributed by atoms with Crippen LogP contribution in [0, 0.1) is 0 Å². The van der Waals surface area contributed by atoms with E-state index < -0.39 is 0 Å². The molecule has 1 aromatic rings. The first-order chi connectivity index (χ1) is 6.77. The first-order valence-corrected chi connectivity index (χ1v) is 4.71. The van der Waals surface area contributed by atoms with Gasteiger partial charge in [-0.1, -0.05) is 23.8 Å². The van der Waals surface area contributed by atoms with Gasteiger partial charge in [-0.25, -0.2) is 4.98 Å². The number of hydrogen-bond donors (Lipinski definition) is 0. The molecule has 72 valence electrons. The minimum atomic E-state index is -0.000648. The van der Waals surface area contributed by atoms with Crippen molar-refractivity contribution < 1.29 is 4.79 Å². The second-order valence-electron chi connectivity index (χ2n) is 3.05. The third kappa shape index (κ3) is 1.77. The highest BCUT2D eigenvalue weighted by molar-refractivity contribution is 6.29. The molecular formula is C10H9ClN2O. The maximum absolute atomic E-state index is 11.8. The van der Waals surface area contributed by atoms with E-state index in [4.69, 9.17) is 11.6 Å². The smallest absolute Gasteiger partial charge is 0.254 e. The van der Waals surface area contributed by atoms with Crippen LogP contribution in [0.3, 0.4) is 0 Å². The minimum absolute atomic E-state index is 0.000648. The normalized spacial score (nSPS) is 14.8. The molecule has 0 aromatic carbocycles. The van der Waals surface area contributed by atoms with Crippen LogP contribution in [-0.4, -0.2) is 28.9 Å². The third-order valence-electron chi connectivity index (χ3n) is 2.08. The first-order valence-electron chi connectivity index (χ1n) is 4.33. The molecule has 0 spiro atoms. The van der Waals surface area contributed by atoms with Crippen LogP contribution in [0.4, 0.5) is 0 Å². The van der Waals surface area contributed by atoms with E-state index in [0.29, 0.717) is 23.8 Å². The van der Waals surface area contributed by atoms with E-state index in [1.54, 1.807) is 23.2 Å². The van der Waals surface area contributed by atoms with E-state index in [0.717, 1.165) is 0 Å². The van der Waals surface area contributed by atoms with Gasteiger partial charge in [0, 0.05) is 24.8 Å². The second-order valence-corrected chi connectivity index (χ2v) is 3.44. The van der Waals surface area contributed by atoms with Crippen molar-refractivity contribution in [3.05, 3.63) is 41.2 Å². The first kappa shape index (κ1) is 9.21. The lowest BCUT2D eigenvalue weighted by Crippen LogP contribution is -2.28. The van der Waals surface area contributed by atoms with Crippen molar-refractivity contribution in [2.75, 3.05) is 13.1 Å². The molecule has 4 heteroatoms. The van der Waals surface area contributed by atoms with Gasteiger partial charge in [0.25, 0.3) is 5.91 Å². The molecule has 0 fully saturated rings. The van der Waals surface area contributed by atoms with Crippen molar-refractivity contribution in [2.45, 2.75) is 0 Å². The molecule has 0 atom stereocenters. The topological polar surface area (TPSA) is 33.2 Å². The zero-order valence-corrected chi connectivity index (χ0v) is 8.24. The molecule has 3 nitrogen and oxygen atoms in total. The Labute approximate surface area is 87.0 Å². The fourth-order valence-corrected chi connectivity index (χ4v) is 1.54. The molecular weight excluding hydrogens is 200 g/mol. The van der Waals surface area contributed by atoms with Crippen molar-refractivity contribution in [2.24, 2.45) is 0 Å². The van der Waals surface area contributed by atoms with Gasteiger partial charge in [0.2, 0.25) is 0 Å². The van der Waals surface area contributed by atoms with E-state index in [2.05, 4.69) is 4.98 Å². The summed E-state index contributed by atoms with van der Waals surface area (Å²) in [6, 6.07) is 3.26. The van der Waals surface area contributed by atoms with Gasteiger partial charge in [0.15, 0.2) is 0 Å². The van der Waals surface area contributed by atoms with Gasteiger partial charge in [-0.05, 0) is 12.1 Å². The highest BCUT2D eigenvalue weighted by Gasteiger charge is 2.16. The minimum Gasteiger partial charge on any atom is -0.331 e. The molecule has 0 saturated heterocycles. The number of rotatable bonds is 1. The largest absolute Gasteiger partial charge is 0.331 e.